The van der Waals surface area contributed by atoms with Gasteiger partial charge in [0.15, 0.2) is 10.7 Å². The molecule has 0 atom stereocenters. The Kier molecular flexibility index (Phi) is 6.55. The van der Waals surface area contributed by atoms with Gasteiger partial charge in [0, 0.05) is 22.3 Å². The Hall–Kier alpha value is -3.20. The van der Waals surface area contributed by atoms with Gasteiger partial charge in [0.2, 0.25) is 11.8 Å². The van der Waals surface area contributed by atoms with Gasteiger partial charge in [-0.05, 0) is 88.3 Å². The summed E-state index contributed by atoms with van der Waals surface area (Å²) in [5, 5.41) is 16.0. The number of fused-ring (bicyclic) bond motifs is 1. The van der Waals surface area contributed by atoms with E-state index in [0.29, 0.717) is 32.2 Å². The number of rotatable bonds is 4. The molecule has 160 valence electrons. The van der Waals surface area contributed by atoms with Crippen LogP contribution in [0.3, 0.4) is 0 Å². The predicted octanol–water partition coefficient (Wildman–Crippen LogP) is 6.14. The lowest BCUT2D eigenvalue weighted by Gasteiger charge is -2.07. The molecule has 0 unspecified atom stereocenters. The maximum Gasteiger partial charge on any atom is 0.250 e. The van der Waals surface area contributed by atoms with Crippen LogP contribution in [0.5, 0.6) is 5.75 Å². The molecule has 0 aliphatic carbocycles. The number of anilines is 1. The average Bonchev–Trinajstić information content (AvgIpc) is 3.18. The molecular formula is C23H15BrClN3O3S. The number of benzene rings is 3. The zero-order valence-corrected chi connectivity index (χ0v) is 19.5. The minimum atomic E-state index is -0.361. The summed E-state index contributed by atoms with van der Waals surface area (Å²) in [7, 11) is 0. The smallest absolute Gasteiger partial charge is 0.250 e. The molecule has 0 fully saturated rings. The number of carbonyl (C=O) groups is 1. The van der Waals surface area contributed by atoms with Crippen LogP contribution >= 0.6 is 39.7 Å². The summed E-state index contributed by atoms with van der Waals surface area (Å²) in [6.07, 6.45) is 3.05. The quantitative estimate of drug-likeness (QED) is 0.218. The van der Waals surface area contributed by atoms with E-state index in [2.05, 4.69) is 31.5 Å². The average molecular weight is 529 g/mol. The monoisotopic (exact) mass is 527 g/mol. The zero-order chi connectivity index (χ0) is 22.7. The highest BCUT2D eigenvalue weighted by Gasteiger charge is 2.11. The summed E-state index contributed by atoms with van der Waals surface area (Å²) in [4.78, 5) is 16.6. The van der Waals surface area contributed by atoms with E-state index in [1.165, 1.54) is 6.08 Å². The molecule has 32 heavy (non-hydrogen) atoms. The number of oxazole rings is 1. The number of thiocarbonyl (C=S) groups is 1. The molecule has 3 N–H and O–H groups in total. The summed E-state index contributed by atoms with van der Waals surface area (Å²) in [5.41, 5.74) is 3.42. The van der Waals surface area contributed by atoms with E-state index in [1.807, 2.05) is 0 Å². The summed E-state index contributed by atoms with van der Waals surface area (Å²) < 4.78 is 6.34. The number of hydrogen-bond acceptors (Lipinski definition) is 5. The minimum Gasteiger partial charge on any atom is -0.507 e. The maximum absolute atomic E-state index is 12.1. The van der Waals surface area contributed by atoms with Crippen LogP contribution in [0, 0.1) is 0 Å². The molecule has 0 spiro atoms. The fourth-order valence-electron chi connectivity index (χ4n) is 2.83. The van der Waals surface area contributed by atoms with Crippen LogP contribution in [0.25, 0.3) is 28.6 Å². The van der Waals surface area contributed by atoms with Crippen LogP contribution < -0.4 is 10.6 Å². The van der Waals surface area contributed by atoms with Crippen molar-refractivity contribution < 1.29 is 14.3 Å². The van der Waals surface area contributed by atoms with Crippen LogP contribution in [0.4, 0.5) is 5.69 Å². The molecule has 0 aliphatic rings. The molecule has 0 saturated heterocycles. The van der Waals surface area contributed by atoms with Crippen LogP contribution in [0.15, 0.2) is 75.6 Å². The molecule has 1 aromatic heterocycles. The van der Waals surface area contributed by atoms with Gasteiger partial charge in [-0.3, -0.25) is 10.1 Å². The van der Waals surface area contributed by atoms with Crippen LogP contribution in [0.1, 0.15) is 5.56 Å². The molecular weight excluding hydrogens is 514 g/mol. The summed E-state index contributed by atoms with van der Waals surface area (Å²) in [6.45, 7) is 0. The molecule has 1 amide bonds. The number of carbonyl (C=O) groups excluding carboxylic acids is 1. The second kappa shape index (κ2) is 9.52. The topological polar surface area (TPSA) is 87.4 Å². The molecule has 6 nitrogen and oxygen atoms in total. The molecule has 4 aromatic rings. The van der Waals surface area contributed by atoms with Crippen molar-refractivity contribution in [1.82, 2.24) is 10.3 Å². The van der Waals surface area contributed by atoms with Crippen molar-refractivity contribution in [3.63, 3.8) is 0 Å². The van der Waals surface area contributed by atoms with Crippen molar-refractivity contribution in [1.29, 1.82) is 0 Å². The molecule has 3 aromatic carbocycles. The highest BCUT2D eigenvalue weighted by atomic mass is 79.9. The number of nitrogens with one attached hydrogen (secondary N) is 2. The Labute approximate surface area is 202 Å². The Bertz CT molecular complexity index is 1350. The standard InChI is InChI=1S/C23H15BrClN3O3S/c24-17-11-14(4-8-19(17)29)22-27-18-12-16(7-9-20(18)31-22)26-23(32)28-21(30)10-3-13-1-5-15(25)6-2-13/h1-12,29H,(H2,26,28,30,32). The third kappa shape index (κ3) is 5.34. The van der Waals surface area contributed by atoms with Crippen molar-refractivity contribution in [2.45, 2.75) is 0 Å². The third-order valence-corrected chi connectivity index (χ3v) is 5.47. The highest BCUT2D eigenvalue weighted by molar-refractivity contribution is 9.10. The van der Waals surface area contributed by atoms with E-state index in [-0.39, 0.29) is 16.8 Å². The molecule has 4 rings (SSSR count). The Balaban J connectivity index is 1.42. The third-order valence-electron chi connectivity index (χ3n) is 4.37. The van der Waals surface area contributed by atoms with Gasteiger partial charge in [-0.2, -0.15) is 0 Å². The van der Waals surface area contributed by atoms with Crippen molar-refractivity contribution in [2.24, 2.45) is 0 Å². The molecule has 1 heterocycles. The first-order chi connectivity index (χ1) is 15.4. The van der Waals surface area contributed by atoms with Crippen molar-refractivity contribution in [3.8, 4) is 17.2 Å². The fourth-order valence-corrected chi connectivity index (χ4v) is 3.55. The van der Waals surface area contributed by atoms with Gasteiger partial charge in [0.25, 0.3) is 0 Å². The maximum atomic E-state index is 12.1. The first-order valence-electron chi connectivity index (χ1n) is 9.32. The lowest BCUT2D eigenvalue weighted by atomic mass is 10.2. The SMILES string of the molecule is O=C(C=Cc1ccc(Cl)cc1)NC(=S)Nc1ccc2oc(-c3ccc(O)c(Br)c3)nc2c1. The van der Waals surface area contributed by atoms with Gasteiger partial charge in [-0.1, -0.05) is 23.7 Å². The lowest BCUT2D eigenvalue weighted by Crippen LogP contribution is -2.32. The Morgan fingerprint density at radius 3 is 2.66 bits per heavy atom. The number of phenols is 1. The van der Waals surface area contributed by atoms with Crippen LogP contribution in [0.2, 0.25) is 5.02 Å². The van der Waals surface area contributed by atoms with E-state index in [4.69, 9.17) is 28.2 Å². The van der Waals surface area contributed by atoms with E-state index < -0.39 is 0 Å². The van der Waals surface area contributed by atoms with Crippen molar-refractivity contribution in [3.05, 3.63) is 81.8 Å². The van der Waals surface area contributed by atoms with Gasteiger partial charge < -0.3 is 14.8 Å². The Morgan fingerprint density at radius 1 is 1.12 bits per heavy atom. The second-order valence-corrected chi connectivity index (χ2v) is 8.39. The number of amides is 1. The van der Waals surface area contributed by atoms with Crippen molar-refractivity contribution >= 4 is 73.6 Å². The number of aromatic hydroxyl groups is 1. The molecule has 0 radical (unpaired) electrons. The van der Waals surface area contributed by atoms with Gasteiger partial charge in [0.05, 0.1) is 4.47 Å². The van der Waals surface area contributed by atoms with E-state index in [9.17, 15) is 9.90 Å². The van der Waals surface area contributed by atoms with Gasteiger partial charge in [-0.25, -0.2) is 4.98 Å². The van der Waals surface area contributed by atoms with Crippen LogP contribution in [-0.2, 0) is 4.79 Å². The minimum absolute atomic E-state index is 0.134. The molecule has 0 aliphatic heterocycles. The summed E-state index contributed by atoms with van der Waals surface area (Å²) in [5.74, 6) is 0.191. The molecule has 0 bridgehead atoms. The van der Waals surface area contributed by atoms with Gasteiger partial charge in [0.1, 0.15) is 11.3 Å². The van der Waals surface area contributed by atoms with Gasteiger partial charge in [-0.15, -0.1) is 0 Å². The first kappa shape index (κ1) is 22.0. The number of hydrogen-bond donors (Lipinski definition) is 3. The van der Waals surface area contributed by atoms with E-state index >= 15 is 0 Å². The second-order valence-electron chi connectivity index (χ2n) is 6.70. The summed E-state index contributed by atoms with van der Waals surface area (Å²) >= 11 is 14.4. The molecule has 0 saturated carbocycles. The number of nitrogens with zero attached hydrogens (tertiary/aromatic N) is 1. The first-order valence-corrected chi connectivity index (χ1v) is 10.9. The van der Waals surface area contributed by atoms with E-state index in [0.717, 1.165) is 11.1 Å². The largest absolute Gasteiger partial charge is 0.507 e. The highest BCUT2D eigenvalue weighted by Crippen LogP contribution is 2.31. The fraction of sp³-hybridized carbons (Fsp3) is 0. The number of phenolic OH excluding ortho intramolecular Hbond substituents is 1. The van der Waals surface area contributed by atoms with E-state index in [1.54, 1.807) is 66.7 Å². The van der Waals surface area contributed by atoms with Gasteiger partial charge >= 0.3 is 0 Å². The number of aromatic nitrogens is 1. The predicted molar refractivity (Wildman–Crippen MR) is 134 cm³/mol. The number of halogens is 2. The van der Waals surface area contributed by atoms with Crippen LogP contribution in [-0.4, -0.2) is 21.1 Å². The Morgan fingerprint density at radius 2 is 1.91 bits per heavy atom. The lowest BCUT2D eigenvalue weighted by molar-refractivity contribution is -0.115. The normalized spacial score (nSPS) is 11.1. The van der Waals surface area contributed by atoms with Crippen molar-refractivity contribution in [2.75, 3.05) is 5.32 Å². The summed E-state index contributed by atoms with van der Waals surface area (Å²) in [6, 6.07) is 17.4. The zero-order valence-electron chi connectivity index (χ0n) is 16.3. The molecule has 9 heteroatoms.